The van der Waals surface area contributed by atoms with Crippen molar-refractivity contribution in [2.24, 2.45) is 0 Å². The molecule has 0 saturated carbocycles. The van der Waals surface area contributed by atoms with E-state index < -0.39 is 21.6 Å². The van der Waals surface area contributed by atoms with Crippen LogP contribution in [0.15, 0.2) is 36.8 Å². The van der Waals surface area contributed by atoms with E-state index in [1.165, 1.54) is 0 Å². The number of aromatic nitrogens is 2. The molecule has 0 spiro atoms. The Hall–Kier alpha value is -1.99. The zero-order valence-corrected chi connectivity index (χ0v) is 12.3. The second-order valence-electron chi connectivity index (χ2n) is 4.35. The normalized spacial score (nSPS) is 11.3. The number of carbonyl (C=O) groups is 1. The maximum absolute atomic E-state index is 12.1. The molecule has 1 aromatic heterocycles. The molecule has 0 radical (unpaired) electrons. The van der Waals surface area contributed by atoms with Gasteiger partial charge in [0.05, 0.1) is 17.2 Å². The van der Waals surface area contributed by atoms with Gasteiger partial charge in [-0.2, -0.15) is 0 Å². The van der Waals surface area contributed by atoms with E-state index >= 15 is 0 Å². The van der Waals surface area contributed by atoms with Crippen molar-refractivity contribution in [2.75, 3.05) is 0 Å². The highest BCUT2D eigenvalue weighted by atomic mass is 35.5. The molecule has 110 valence electrons. The minimum absolute atomic E-state index is 0.0218. The Morgan fingerprint density at radius 3 is 2.48 bits per heavy atom. The monoisotopic (exact) mass is 326 g/mol. The zero-order valence-electron chi connectivity index (χ0n) is 10.7. The second-order valence-corrected chi connectivity index (χ2v) is 6.85. The number of carboxylic acid groups (broad SMARTS) is 1. The van der Waals surface area contributed by atoms with Crippen LogP contribution in [0.5, 0.6) is 0 Å². The van der Waals surface area contributed by atoms with Crippen LogP contribution < -0.4 is 0 Å². The van der Waals surface area contributed by atoms with Crippen LogP contribution in [0.1, 0.15) is 21.6 Å². The van der Waals surface area contributed by atoms with Gasteiger partial charge in [-0.1, -0.05) is 23.7 Å². The van der Waals surface area contributed by atoms with E-state index in [1.54, 1.807) is 24.3 Å². The van der Waals surface area contributed by atoms with Crippen LogP contribution >= 0.6 is 11.6 Å². The average Bonchev–Trinajstić information content (AvgIpc) is 2.41. The first-order valence-corrected chi connectivity index (χ1v) is 8.04. The molecule has 0 saturated heterocycles. The molecule has 0 atom stereocenters. The average molecular weight is 327 g/mol. The molecule has 0 aliphatic carbocycles. The largest absolute Gasteiger partial charge is 0.478 e. The zero-order chi connectivity index (χ0) is 15.5. The van der Waals surface area contributed by atoms with E-state index in [-0.39, 0.29) is 17.0 Å². The third-order valence-corrected chi connectivity index (χ3v) is 4.42. The van der Waals surface area contributed by atoms with Gasteiger partial charge in [0.15, 0.2) is 9.84 Å². The van der Waals surface area contributed by atoms with Gasteiger partial charge in [-0.15, -0.1) is 0 Å². The number of aromatic carboxylic acids is 1. The lowest BCUT2D eigenvalue weighted by Crippen LogP contribution is -2.13. The summed E-state index contributed by atoms with van der Waals surface area (Å²) in [5, 5.41) is 9.51. The molecule has 0 fully saturated rings. The lowest BCUT2D eigenvalue weighted by Gasteiger charge is -2.06. The van der Waals surface area contributed by atoms with Crippen molar-refractivity contribution in [3.8, 4) is 0 Å². The molecule has 0 amide bonds. The molecular weight excluding hydrogens is 316 g/mol. The van der Waals surface area contributed by atoms with Gasteiger partial charge < -0.3 is 5.11 Å². The number of sulfone groups is 1. The number of carboxylic acids is 1. The Morgan fingerprint density at radius 1 is 1.19 bits per heavy atom. The summed E-state index contributed by atoms with van der Waals surface area (Å²) in [5.74, 6) is -1.93. The highest BCUT2D eigenvalue weighted by Gasteiger charge is 2.19. The Morgan fingerprint density at radius 2 is 1.86 bits per heavy atom. The van der Waals surface area contributed by atoms with Gasteiger partial charge >= 0.3 is 5.97 Å². The van der Waals surface area contributed by atoms with Gasteiger partial charge in [-0.05, 0) is 17.7 Å². The standard InChI is InChI=1S/C13H11ClN2O4S/c14-10-3-1-9(2-4-10)6-21(19,20)7-12-11(13(17)18)5-15-8-16-12/h1-5,8H,6-7H2,(H,17,18). The summed E-state index contributed by atoms with van der Waals surface area (Å²) >= 11 is 5.74. The number of hydrogen-bond acceptors (Lipinski definition) is 5. The fourth-order valence-electron chi connectivity index (χ4n) is 1.74. The number of nitrogens with zero attached hydrogens (tertiary/aromatic N) is 2. The molecule has 8 heteroatoms. The van der Waals surface area contributed by atoms with Gasteiger partial charge in [0.2, 0.25) is 0 Å². The van der Waals surface area contributed by atoms with E-state index in [0.29, 0.717) is 10.6 Å². The minimum Gasteiger partial charge on any atom is -0.478 e. The van der Waals surface area contributed by atoms with Crippen LogP contribution in [0.3, 0.4) is 0 Å². The van der Waals surface area contributed by atoms with Crippen molar-refractivity contribution in [1.82, 2.24) is 9.97 Å². The Bertz CT molecular complexity index is 760. The first-order chi connectivity index (χ1) is 9.87. The minimum atomic E-state index is -3.55. The lowest BCUT2D eigenvalue weighted by atomic mass is 10.2. The van der Waals surface area contributed by atoms with Crippen LogP contribution in [-0.2, 0) is 21.3 Å². The van der Waals surface area contributed by atoms with Gasteiger partial charge in [0, 0.05) is 11.2 Å². The summed E-state index contributed by atoms with van der Waals surface area (Å²) in [5.41, 5.74) is 0.342. The van der Waals surface area contributed by atoms with Crippen molar-refractivity contribution < 1.29 is 18.3 Å². The van der Waals surface area contributed by atoms with Crippen LogP contribution in [0.25, 0.3) is 0 Å². The summed E-state index contributed by atoms with van der Waals surface area (Å²) in [6, 6.07) is 6.41. The Balaban J connectivity index is 2.22. The number of hydrogen-bond donors (Lipinski definition) is 1. The maximum atomic E-state index is 12.1. The third-order valence-electron chi connectivity index (χ3n) is 2.68. The van der Waals surface area contributed by atoms with Gasteiger partial charge in [0.25, 0.3) is 0 Å². The SMILES string of the molecule is O=C(O)c1cncnc1CS(=O)(=O)Cc1ccc(Cl)cc1. The van der Waals surface area contributed by atoms with Gasteiger partial charge in [0.1, 0.15) is 11.9 Å². The van der Waals surface area contributed by atoms with Crippen LogP contribution in [0.4, 0.5) is 0 Å². The quantitative estimate of drug-likeness (QED) is 0.901. The molecule has 21 heavy (non-hydrogen) atoms. The van der Waals surface area contributed by atoms with Crippen LogP contribution in [0.2, 0.25) is 5.02 Å². The predicted molar refractivity (Wildman–Crippen MR) is 76.8 cm³/mol. The van der Waals surface area contributed by atoms with Crippen LogP contribution in [-0.4, -0.2) is 29.5 Å². The van der Waals surface area contributed by atoms with E-state index in [0.717, 1.165) is 12.5 Å². The third kappa shape index (κ3) is 4.24. The van der Waals surface area contributed by atoms with Crippen molar-refractivity contribution >= 4 is 27.4 Å². The summed E-state index contributed by atoms with van der Waals surface area (Å²) in [7, 11) is -3.55. The topological polar surface area (TPSA) is 97.2 Å². The lowest BCUT2D eigenvalue weighted by molar-refractivity contribution is 0.0695. The number of rotatable bonds is 5. The summed E-state index contributed by atoms with van der Waals surface area (Å²) in [4.78, 5) is 18.4. The molecular formula is C13H11ClN2O4S. The molecule has 6 nitrogen and oxygen atoms in total. The van der Waals surface area contributed by atoms with Gasteiger partial charge in [-0.25, -0.2) is 23.2 Å². The van der Waals surface area contributed by atoms with E-state index in [9.17, 15) is 13.2 Å². The summed E-state index contributed by atoms with van der Waals surface area (Å²) < 4.78 is 24.3. The highest BCUT2D eigenvalue weighted by molar-refractivity contribution is 7.89. The summed E-state index contributed by atoms with van der Waals surface area (Å²) in [6.45, 7) is 0. The van der Waals surface area contributed by atoms with Gasteiger partial charge in [-0.3, -0.25) is 0 Å². The smallest absolute Gasteiger partial charge is 0.339 e. The van der Waals surface area contributed by atoms with E-state index in [1.807, 2.05) is 0 Å². The molecule has 2 rings (SSSR count). The molecule has 1 aromatic carbocycles. The molecule has 0 aliphatic rings. The molecule has 1 N–H and O–H groups in total. The van der Waals surface area contributed by atoms with Crippen molar-refractivity contribution in [3.63, 3.8) is 0 Å². The molecule has 0 aliphatic heterocycles. The number of halogens is 1. The Kier molecular flexibility index (Phi) is 4.54. The van der Waals surface area contributed by atoms with E-state index in [2.05, 4.69) is 9.97 Å². The van der Waals surface area contributed by atoms with Crippen molar-refractivity contribution in [1.29, 1.82) is 0 Å². The Labute approximate surface area is 126 Å². The van der Waals surface area contributed by atoms with Crippen LogP contribution in [0, 0.1) is 0 Å². The maximum Gasteiger partial charge on any atom is 0.339 e. The molecule has 2 aromatic rings. The molecule has 0 unspecified atom stereocenters. The van der Waals surface area contributed by atoms with Crippen molar-refractivity contribution in [2.45, 2.75) is 11.5 Å². The molecule has 1 heterocycles. The van der Waals surface area contributed by atoms with Crippen molar-refractivity contribution in [3.05, 3.63) is 58.6 Å². The second kappa shape index (κ2) is 6.19. The van der Waals surface area contributed by atoms with E-state index in [4.69, 9.17) is 16.7 Å². The first kappa shape index (κ1) is 15.4. The fourth-order valence-corrected chi connectivity index (χ4v) is 3.32. The first-order valence-electron chi connectivity index (χ1n) is 5.84. The molecule has 0 bridgehead atoms. The summed E-state index contributed by atoms with van der Waals surface area (Å²) in [6.07, 6.45) is 2.21. The predicted octanol–water partition coefficient (Wildman–Crippen LogP) is 1.94. The fraction of sp³-hybridized carbons (Fsp3) is 0.154. The number of benzene rings is 1. The highest BCUT2D eigenvalue weighted by Crippen LogP contribution is 2.16.